The van der Waals surface area contributed by atoms with E-state index in [4.69, 9.17) is 16.7 Å². The van der Waals surface area contributed by atoms with E-state index < -0.39 is 0 Å². The average Bonchev–Trinajstić information content (AvgIpc) is 2.58. The molecule has 0 saturated heterocycles. The molecule has 0 aliphatic rings. The highest BCUT2D eigenvalue weighted by atomic mass is 35.5. The fraction of sp³-hybridized carbons (Fsp3) is 0.556. The number of aliphatic hydroxyl groups is 1. The first-order chi connectivity index (χ1) is 7.19. The van der Waals surface area contributed by atoms with Gasteiger partial charge in [0.1, 0.15) is 6.61 Å². The summed E-state index contributed by atoms with van der Waals surface area (Å²) in [7, 11) is 0. The number of aliphatic hydroxyl groups excluding tert-OH is 1. The highest BCUT2D eigenvalue weighted by Gasteiger charge is 2.10. The van der Waals surface area contributed by atoms with Crippen molar-refractivity contribution < 1.29 is 5.11 Å². The minimum Gasteiger partial charge on any atom is -0.388 e. The third kappa shape index (κ3) is 3.52. The first-order valence-electron chi connectivity index (χ1n) is 4.68. The van der Waals surface area contributed by atoms with Gasteiger partial charge in [0.25, 0.3) is 0 Å². The molecule has 84 valence electrons. The Bertz CT molecular complexity index is 340. The first kappa shape index (κ1) is 12.5. The summed E-state index contributed by atoms with van der Waals surface area (Å²) >= 11 is 7.15. The highest BCUT2D eigenvalue weighted by Crippen LogP contribution is 2.20. The van der Waals surface area contributed by atoms with Crippen molar-refractivity contribution in [2.45, 2.75) is 31.7 Å². The molecule has 0 aromatic carbocycles. The van der Waals surface area contributed by atoms with E-state index in [0.717, 1.165) is 18.1 Å². The second kappa shape index (κ2) is 6.15. The Morgan fingerprint density at radius 1 is 1.60 bits per heavy atom. The summed E-state index contributed by atoms with van der Waals surface area (Å²) in [5.74, 6) is 1.20. The molecule has 4 nitrogen and oxygen atoms in total. The normalized spacial score (nSPS) is 10.6. The van der Waals surface area contributed by atoms with Crippen LogP contribution in [0, 0.1) is 0 Å². The van der Waals surface area contributed by atoms with Gasteiger partial charge in [0.15, 0.2) is 11.0 Å². The molecule has 0 aliphatic carbocycles. The molecular formula is C9H14ClN3OS. The van der Waals surface area contributed by atoms with Crippen LogP contribution in [-0.2, 0) is 13.2 Å². The maximum absolute atomic E-state index is 9.06. The van der Waals surface area contributed by atoms with Crippen LogP contribution in [0.15, 0.2) is 16.8 Å². The van der Waals surface area contributed by atoms with Crippen LogP contribution in [0.25, 0.3) is 0 Å². The monoisotopic (exact) mass is 247 g/mol. The van der Waals surface area contributed by atoms with Gasteiger partial charge in [0.2, 0.25) is 0 Å². The number of hydrogen-bond acceptors (Lipinski definition) is 4. The minimum absolute atomic E-state index is 0.0879. The van der Waals surface area contributed by atoms with Crippen molar-refractivity contribution in [1.82, 2.24) is 14.8 Å². The summed E-state index contributed by atoms with van der Waals surface area (Å²) in [6.07, 6.45) is 0.973. The van der Waals surface area contributed by atoms with Crippen molar-refractivity contribution in [3.63, 3.8) is 0 Å². The van der Waals surface area contributed by atoms with E-state index in [2.05, 4.69) is 23.7 Å². The van der Waals surface area contributed by atoms with E-state index in [1.807, 2.05) is 4.57 Å². The number of nitrogens with zero attached hydrogens (tertiary/aromatic N) is 3. The molecule has 0 atom stereocenters. The summed E-state index contributed by atoms with van der Waals surface area (Å²) < 4.78 is 1.91. The molecule has 0 aliphatic heterocycles. The van der Waals surface area contributed by atoms with Gasteiger partial charge in [-0.2, -0.15) is 0 Å². The van der Waals surface area contributed by atoms with Crippen molar-refractivity contribution in [2.75, 3.05) is 5.75 Å². The molecule has 0 amide bonds. The van der Waals surface area contributed by atoms with Crippen LogP contribution < -0.4 is 0 Å². The molecule has 0 fully saturated rings. The molecule has 0 unspecified atom stereocenters. The highest BCUT2D eigenvalue weighted by molar-refractivity contribution is 7.99. The van der Waals surface area contributed by atoms with Gasteiger partial charge in [-0.05, 0) is 6.42 Å². The van der Waals surface area contributed by atoms with Crippen LogP contribution in [0.3, 0.4) is 0 Å². The predicted molar refractivity (Wildman–Crippen MR) is 62.0 cm³/mol. The molecule has 0 saturated carbocycles. The number of thioether (sulfide) groups is 1. The number of aromatic nitrogens is 3. The third-order valence-electron chi connectivity index (χ3n) is 1.74. The maximum Gasteiger partial charge on any atom is 0.191 e. The standard InChI is InChI=1S/C9H14ClN3OS/c1-3-4-13-8(5-14)11-12-9(13)15-6-7(2)10/h14H,2-6H2,1H3. The van der Waals surface area contributed by atoms with E-state index in [0.29, 0.717) is 16.6 Å². The van der Waals surface area contributed by atoms with Crippen LogP contribution in [0.4, 0.5) is 0 Å². The molecule has 1 N–H and O–H groups in total. The third-order valence-corrected chi connectivity index (χ3v) is 3.09. The Morgan fingerprint density at radius 2 is 2.33 bits per heavy atom. The molecule has 1 aromatic rings. The summed E-state index contributed by atoms with van der Waals surface area (Å²) in [5, 5.41) is 18.3. The molecule has 1 aromatic heterocycles. The van der Waals surface area contributed by atoms with Gasteiger partial charge in [0.05, 0.1) is 0 Å². The summed E-state index contributed by atoms with van der Waals surface area (Å²) in [5.41, 5.74) is 0. The largest absolute Gasteiger partial charge is 0.388 e. The van der Waals surface area contributed by atoms with E-state index in [9.17, 15) is 0 Å². The molecule has 6 heteroatoms. The molecular weight excluding hydrogens is 234 g/mol. The Morgan fingerprint density at radius 3 is 2.87 bits per heavy atom. The zero-order chi connectivity index (χ0) is 11.3. The molecule has 0 spiro atoms. The predicted octanol–water partition coefficient (Wildman–Crippen LogP) is 2.02. The fourth-order valence-electron chi connectivity index (χ4n) is 1.13. The Balaban J connectivity index is 2.77. The average molecular weight is 248 g/mol. The molecule has 1 rings (SSSR count). The van der Waals surface area contributed by atoms with Crippen molar-refractivity contribution >= 4 is 23.4 Å². The van der Waals surface area contributed by atoms with Gasteiger partial charge >= 0.3 is 0 Å². The van der Waals surface area contributed by atoms with Crippen molar-refractivity contribution in [2.24, 2.45) is 0 Å². The second-order valence-corrected chi connectivity index (χ2v) is 4.49. The smallest absolute Gasteiger partial charge is 0.191 e. The van der Waals surface area contributed by atoms with Crippen molar-refractivity contribution in [3.8, 4) is 0 Å². The fourth-order valence-corrected chi connectivity index (χ4v) is 2.03. The van der Waals surface area contributed by atoms with Crippen LogP contribution in [0.2, 0.25) is 0 Å². The lowest BCUT2D eigenvalue weighted by molar-refractivity contribution is 0.263. The van der Waals surface area contributed by atoms with Gasteiger partial charge in [-0.25, -0.2) is 0 Å². The summed E-state index contributed by atoms with van der Waals surface area (Å²) in [6, 6.07) is 0. The number of halogens is 1. The molecule has 0 radical (unpaired) electrons. The van der Waals surface area contributed by atoms with E-state index in [-0.39, 0.29) is 6.61 Å². The lowest BCUT2D eigenvalue weighted by Crippen LogP contribution is -2.04. The van der Waals surface area contributed by atoms with Crippen LogP contribution in [0.5, 0.6) is 0 Å². The van der Waals surface area contributed by atoms with Crippen LogP contribution >= 0.6 is 23.4 Å². The van der Waals surface area contributed by atoms with Gasteiger partial charge < -0.3 is 9.67 Å². The lowest BCUT2D eigenvalue weighted by atomic mass is 10.4. The Labute approximate surface area is 98.3 Å². The zero-order valence-corrected chi connectivity index (χ0v) is 10.2. The van der Waals surface area contributed by atoms with Gasteiger partial charge in [-0.15, -0.1) is 10.2 Å². The summed E-state index contributed by atoms with van der Waals surface area (Å²) in [4.78, 5) is 0. The molecule has 0 bridgehead atoms. The van der Waals surface area contributed by atoms with E-state index >= 15 is 0 Å². The number of rotatable bonds is 6. The molecule has 1 heterocycles. The molecule has 15 heavy (non-hydrogen) atoms. The van der Waals surface area contributed by atoms with E-state index in [1.165, 1.54) is 11.8 Å². The van der Waals surface area contributed by atoms with Crippen molar-refractivity contribution in [3.05, 3.63) is 17.4 Å². The lowest BCUT2D eigenvalue weighted by Gasteiger charge is -2.06. The summed E-state index contributed by atoms with van der Waals surface area (Å²) in [6.45, 7) is 6.39. The Kier molecular flexibility index (Phi) is 5.14. The van der Waals surface area contributed by atoms with Gasteiger partial charge in [0, 0.05) is 17.3 Å². The van der Waals surface area contributed by atoms with E-state index in [1.54, 1.807) is 0 Å². The topological polar surface area (TPSA) is 50.9 Å². The zero-order valence-electron chi connectivity index (χ0n) is 8.61. The number of hydrogen-bond donors (Lipinski definition) is 1. The quantitative estimate of drug-likeness (QED) is 0.782. The maximum atomic E-state index is 9.06. The minimum atomic E-state index is -0.0879. The SMILES string of the molecule is C=C(Cl)CSc1nnc(CO)n1CCC. The van der Waals surface area contributed by atoms with Crippen molar-refractivity contribution in [1.29, 1.82) is 0 Å². The van der Waals surface area contributed by atoms with Gasteiger partial charge in [-0.3, -0.25) is 0 Å². The first-order valence-corrected chi connectivity index (χ1v) is 6.04. The van der Waals surface area contributed by atoms with Crippen LogP contribution in [0.1, 0.15) is 19.2 Å². The van der Waals surface area contributed by atoms with Crippen LogP contribution in [-0.4, -0.2) is 25.6 Å². The second-order valence-electron chi connectivity index (χ2n) is 3.01. The van der Waals surface area contributed by atoms with Gasteiger partial charge in [-0.1, -0.05) is 36.9 Å². The Hall–Kier alpha value is -0.520.